The Kier molecular flexibility index (Phi) is 4.71. The van der Waals surface area contributed by atoms with Crippen molar-refractivity contribution in [3.8, 4) is 11.3 Å². The van der Waals surface area contributed by atoms with Gasteiger partial charge >= 0.3 is 0 Å². The van der Waals surface area contributed by atoms with Crippen molar-refractivity contribution in [1.82, 2.24) is 9.97 Å². The average molecular weight is 326 g/mol. The minimum absolute atomic E-state index is 0.252. The van der Waals surface area contributed by atoms with Gasteiger partial charge in [0.05, 0.1) is 16.4 Å². The summed E-state index contributed by atoms with van der Waals surface area (Å²) in [5, 5.41) is 0. The van der Waals surface area contributed by atoms with Gasteiger partial charge in [-0.15, -0.1) is 0 Å². The summed E-state index contributed by atoms with van der Waals surface area (Å²) in [4.78, 5) is 7.67. The second-order valence-electron chi connectivity index (χ2n) is 4.53. The van der Waals surface area contributed by atoms with Crippen LogP contribution in [0, 0.1) is 5.82 Å². The van der Waals surface area contributed by atoms with Crippen molar-refractivity contribution < 1.29 is 4.39 Å². The summed E-state index contributed by atoms with van der Waals surface area (Å²) in [5.41, 5.74) is 7.55. The molecule has 19 heavy (non-hydrogen) atoms. The number of imidazole rings is 1. The molecule has 0 aliphatic carbocycles. The predicted octanol–water partition coefficient (Wildman–Crippen LogP) is 3.82. The Bertz CT molecular complexity index is 553. The van der Waals surface area contributed by atoms with E-state index in [2.05, 4.69) is 32.8 Å². The number of hydrogen-bond donors (Lipinski definition) is 2. The number of benzene rings is 1. The summed E-state index contributed by atoms with van der Waals surface area (Å²) >= 11 is 3.19. The summed E-state index contributed by atoms with van der Waals surface area (Å²) in [6, 6.07) is 4.91. The number of halogens is 2. The molecule has 0 radical (unpaired) electrons. The molecule has 1 unspecified atom stereocenters. The van der Waals surface area contributed by atoms with Crippen LogP contribution in [0.15, 0.2) is 28.9 Å². The maximum atomic E-state index is 13.2. The minimum atomic E-state index is -0.269. The van der Waals surface area contributed by atoms with Crippen LogP contribution in [0.3, 0.4) is 0 Å². The van der Waals surface area contributed by atoms with E-state index in [9.17, 15) is 4.39 Å². The van der Waals surface area contributed by atoms with Gasteiger partial charge in [-0.3, -0.25) is 0 Å². The van der Waals surface area contributed by atoms with Crippen LogP contribution in [0.5, 0.6) is 0 Å². The molecule has 0 saturated carbocycles. The molecule has 0 saturated heterocycles. The van der Waals surface area contributed by atoms with Crippen LogP contribution < -0.4 is 5.73 Å². The summed E-state index contributed by atoms with van der Waals surface area (Å²) in [6.45, 7) is 2.71. The van der Waals surface area contributed by atoms with Crippen LogP contribution >= 0.6 is 15.9 Å². The van der Waals surface area contributed by atoms with Gasteiger partial charge in [-0.05, 0) is 40.5 Å². The molecule has 3 nitrogen and oxygen atoms in total. The number of hydrogen-bond acceptors (Lipinski definition) is 2. The summed E-state index contributed by atoms with van der Waals surface area (Å²) in [6.07, 6.45) is 3.85. The van der Waals surface area contributed by atoms with Gasteiger partial charge < -0.3 is 10.7 Å². The lowest BCUT2D eigenvalue weighted by Crippen LogP contribution is -2.13. The molecule has 0 aliphatic rings. The zero-order valence-electron chi connectivity index (χ0n) is 10.8. The molecule has 1 atom stereocenters. The molecule has 102 valence electrons. The Morgan fingerprint density at radius 2 is 2.26 bits per heavy atom. The quantitative estimate of drug-likeness (QED) is 0.877. The van der Waals surface area contributed by atoms with Gasteiger partial charge in [-0.1, -0.05) is 13.3 Å². The van der Waals surface area contributed by atoms with Crippen LogP contribution in [0.25, 0.3) is 11.3 Å². The lowest BCUT2D eigenvalue weighted by Gasteiger charge is -2.10. The van der Waals surface area contributed by atoms with Crippen molar-refractivity contribution in [2.45, 2.75) is 25.7 Å². The van der Waals surface area contributed by atoms with Crippen LogP contribution in [-0.4, -0.2) is 16.5 Å². The molecule has 2 rings (SSSR count). The number of nitrogens with zero attached hydrogens (tertiary/aromatic N) is 1. The fraction of sp³-hybridized carbons (Fsp3) is 0.357. The maximum absolute atomic E-state index is 13.2. The summed E-state index contributed by atoms with van der Waals surface area (Å²) < 4.78 is 13.7. The van der Waals surface area contributed by atoms with Gasteiger partial charge in [0.1, 0.15) is 11.6 Å². The standard InChI is InChI=1S/C14H17BrFN3/c1-2-3-10(7-17)14-18-8-13(19-14)9-4-5-12(16)11(15)6-9/h4-6,8,10H,2-3,7,17H2,1H3,(H,18,19). The fourth-order valence-electron chi connectivity index (χ4n) is 2.07. The highest BCUT2D eigenvalue weighted by molar-refractivity contribution is 9.10. The Morgan fingerprint density at radius 3 is 2.89 bits per heavy atom. The zero-order chi connectivity index (χ0) is 13.8. The molecule has 3 N–H and O–H groups in total. The van der Waals surface area contributed by atoms with E-state index < -0.39 is 0 Å². The molecule has 0 fully saturated rings. The first-order valence-electron chi connectivity index (χ1n) is 6.36. The zero-order valence-corrected chi connectivity index (χ0v) is 12.4. The predicted molar refractivity (Wildman–Crippen MR) is 78.4 cm³/mol. The molecule has 1 aromatic heterocycles. The second kappa shape index (κ2) is 6.30. The van der Waals surface area contributed by atoms with Crippen molar-refractivity contribution in [1.29, 1.82) is 0 Å². The van der Waals surface area contributed by atoms with Gasteiger partial charge in [-0.2, -0.15) is 0 Å². The lowest BCUT2D eigenvalue weighted by molar-refractivity contribution is 0.595. The SMILES string of the molecule is CCCC(CN)c1ncc(-c2ccc(F)c(Br)c2)[nH]1. The molecule has 0 spiro atoms. The van der Waals surface area contributed by atoms with Crippen LogP contribution in [0.1, 0.15) is 31.5 Å². The van der Waals surface area contributed by atoms with Crippen LogP contribution in [-0.2, 0) is 0 Å². The monoisotopic (exact) mass is 325 g/mol. The second-order valence-corrected chi connectivity index (χ2v) is 5.39. The Labute approximate surface area is 120 Å². The number of rotatable bonds is 5. The Balaban J connectivity index is 2.27. The summed E-state index contributed by atoms with van der Waals surface area (Å²) in [5.74, 6) is 0.886. The van der Waals surface area contributed by atoms with Gasteiger partial charge in [0.25, 0.3) is 0 Å². The summed E-state index contributed by atoms with van der Waals surface area (Å²) in [7, 11) is 0. The van der Waals surface area contributed by atoms with Gasteiger partial charge in [-0.25, -0.2) is 9.37 Å². The maximum Gasteiger partial charge on any atom is 0.137 e. The van der Waals surface area contributed by atoms with Crippen molar-refractivity contribution in [3.05, 3.63) is 40.5 Å². The van der Waals surface area contributed by atoms with E-state index in [-0.39, 0.29) is 11.7 Å². The molecule has 0 aliphatic heterocycles. The third-order valence-electron chi connectivity index (χ3n) is 3.13. The van der Waals surface area contributed by atoms with Gasteiger partial charge in [0, 0.05) is 18.0 Å². The highest BCUT2D eigenvalue weighted by Crippen LogP contribution is 2.26. The Hall–Kier alpha value is -1.20. The highest BCUT2D eigenvalue weighted by atomic mass is 79.9. The number of aromatic nitrogens is 2. The average Bonchev–Trinajstić information content (AvgIpc) is 2.88. The number of nitrogens with one attached hydrogen (secondary N) is 1. The first kappa shape index (κ1) is 14.2. The number of H-pyrrole nitrogens is 1. The first-order chi connectivity index (χ1) is 9.15. The van der Waals surface area contributed by atoms with E-state index in [4.69, 9.17) is 5.73 Å². The number of aromatic amines is 1. The van der Waals surface area contributed by atoms with Crippen molar-refractivity contribution in [2.75, 3.05) is 6.54 Å². The molecule has 0 bridgehead atoms. The lowest BCUT2D eigenvalue weighted by atomic mass is 10.0. The molecular weight excluding hydrogens is 309 g/mol. The molecule has 2 aromatic rings. The third-order valence-corrected chi connectivity index (χ3v) is 3.74. The molecule has 1 aromatic carbocycles. The van der Waals surface area contributed by atoms with E-state index in [0.29, 0.717) is 11.0 Å². The molecule has 0 amide bonds. The van der Waals surface area contributed by atoms with Crippen molar-refractivity contribution in [3.63, 3.8) is 0 Å². The van der Waals surface area contributed by atoms with E-state index in [1.54, 1.807) is 18.3 Å². The molecule has 1 heterocycles. The number of nitrogens with two attached hydrogens (primary N) is 1. The normalized spacial score (nSPS) is 12.6. The van der Waals surface area contributed by atoms with Crippen LogP contribution in [0.4, 0.5) is 4.39 Å². The topological polar surface area (TPSA) is 54.7 Å². The van der Waals surface area contributed by atoms with Crippen molar-refractivity contribution in [2.24, 2.45) is 5.73 Å². The van der Waals surface area contributed by atoms with E-state index in [1.807, 2.05) is 0 Å². The minimum Gasteiger partial charge on any atom is -0.342 e. The fourth-order valence-corrected chi connectivity index (χ4v) is 2.45. The molecular formula is C14H17BrFN3. The smallest absolute Gasteiger partial charge is 0.137 e. The Morgan fingerprint density at radius 1 is 1.47 bits per heavy atom. The van der Waals surface area contributed by atoms with E-state index >= 15 is 0 Å². The van der Waals surface area contributed by atoms with Gasteiger partial charge in [0.15, 0.2) is 0 Å². The first-order valence-corrected chi connectivity index (χ1v) is 7.15. The van der Waals surface area contributed by atoms with E-state index in [0.717, 1.165) is 29.9 Å². The van der Waals surface area contributed by atoms with Gasteiger partial charge in [0.2, 0.25) is 0 Å². The largest absolute Gasteiger partial charge is 0.342 e. The van der Waals surface area contributed by atoms with Crippen LogP contribution in [0.2, 0.25) is 0 Å². The molecule has 5 heteroatoms. The van der Waals surface area contributed by atoms with E-state index in [1.165, 1.54) is 6.07 Å². The van der Waals surface area contributed by atoms with Crippen molar-refractivity contribution >= 4 is 15.9 Å². The third kappa shape index (κ3) is 3.22. The highest BCUT2D eigenvalue weighted by Gasteiger charge is 2.13.